The third-order valence-electron chi connectivity index (χ3n) is 5.90. The van der Waals surface area contributed by atoms with Gasteiger partial charge in [-0.05, 0) is 41.5 Å². The van der Waals surface area contributed by atoms with Gasteiger partial charge in [-0.1, -0.05) is 58.4 Å². The van der Waals surface area contributed by atoms with Gasteiger partial charge in [0.15, 0.2) is 0 Å². The number of aryl methyl sites for hydroxylation is 1. The molecule has 0 spiro atoms. The maximum Gasteiger partial charge on any atom is 0.252 e. The minimum Gasteiger partial charge on any atom is -0.350 e. The lowest BCUT2D eigenvalue weighted by atomic mass is 10.0. The Labute approximate surface area is 200 Å². The van der Waals surface area contributed by atoms with Crippen LogP contribution in [-0.4, -0.2) is 15.5 Å². The topological polar surface area (TPSA) is 72.9 Å². The summed E-state index contributed by atoms with van der Waals surface area (Å²) in [4.78, 5) is 18.2. The van der Waals surface area contributed by atoms with Gasteiger partial charge in [0.05, 0.1) is 16.8 Å². The number of para-hydroxylation sites is 1. The predicted molar refractivity (Wildman–Crippen MR) is 137 cm³/mol. The molecule has 0 fully saturated rings. The van der Waals surface area contributed by atoms with Gasteiger partial charge < -0.3 is 15.6 Å². The van der Waals surface area contributed by atoms with Crippen LogP contribution in [0.5, 0.6) is 0 Å². The summed E-state index contributed by atoms with van der Waals surface area (Å²) in [6.07, 6.45) is 2.06. The van der Waals surface area contributed by atoms with E-state index in [1.165, 1.54) is 0 Å². The number of amides is 1. The standard InChI is InChI=1S/C27H23BrN4O/c1-32-16-23(21-12-19(28)10-11-26(21)32)25-13-22(20-4-2-3-5-24(20)31-25)27(33)30-15-18-8-6-17(14-29)7-9-18/h2-13,16H,14-15,29H2,1H3,(H,30,33). The van der Waals surface area contributed by atoms with Gasteiger partial charge in [-0.2, -0.15) is 0 Å². The van der Waals surface area contributed by atoms with Crippen LogP contribution in [0.3, 0.4) is 0 Å². The van der Waals surface area contributed by atoms with Gasteiger partial charge in [-0.25, -0.2) is 4.98 Å². The fourth-order valence-corrected chi connectivity index (χ4v) is 4.50. The second-order valence-corrected chi connectivity index (χ2v) is 9.01. The highest BCUT2D eigenvalue weighted by Gasteiger charge is 2.17. The Morgan fingerprint density at radius 1 is 1.00 bits per heavy atom. The molecule has 5 rings (SSSR count). The Hall–Kier alpha value is -3.48. The maximum absolute atomic E-state index is 13.3. The molecule has 0 saturated heterocycles. The highest BCUT2D eigenvalue weighted by atomic mass is 79.9. The number of hydrogen-bond acceptors (Lipinski definition) is 3. The minimum absolute atomic E-state index is 0.126. The Kier molecular flexibility index (Phi) is 5.70. The van der Waals surface area contributed by atoms with E-state index in [0.29, 0.717) is 18.7 Å². The van der Waals surface area contributed by atoms with Crippen molar-refractivity contribution in [2.75, 3.05) is 0 Å². The number of nitrogens with zero attached hydrogens (tertiary/aromatic N) is 2. The van der Waals surface area contributed by atoms with E-state index in [1.807, 2.05) is 67.7 Å². The number of carbonyl (C=O) groups is 1. The van der Waals surface area contributed by atoms with Crippen molar-refractivity contribution in [2.24, 2.45) is 12.8 Å². The summed E-state index contributed by atoms with van der Waals surface area (Å²) in [6, 6.07) is 23.8. The normalized spacial score (nSPS) is 11.2. The second kappa shape index (κ2) is 8.81. The van der Waals surface area contributed by atoms with Crippen molar-refractivity contribution in [3.05, 3.63) is 100 Å². The molecular formula is C27H23BrN4O. The molecule has 5 aromatic rings. The first-order valence-electron chi connectivity index (χ1n) is 10.7. The van der Waals surface area contributed by atoms with Gasteiger partial charge in [0.2, 0.25) is 0 Å². The molecule has 0 aliphatic heterocycles. The average Bonchev–Trinajstić information content (AvgIpc) is 3.17. The molecule has 3 N–H and O–H groups in total. The summed E-state index contributed by atoms with van der Waals surface area (Å²) in [7, 11) is 2.02. The van der Waals surface area contributed by atoms with Crippen LogP contribution in [-0.2, 0) is 20.1 Å². The predicted octanol–water partition coefficient (Wildman–Crippen LogP) is 5.54. The Morgan fingerprint density at radius 2 is 1.76 bits per heavy atom. The van der Waals surface area contributed by atoms with Gasteiger partial charge in [-0.15, -0.1) is 0 Å². The van der Waals surface area contributed by atoms with Crippen LogP contribution in [0.4, 0.5) is 0 Å². The summed E-state index contributed by atoms with van der Waals surface area (Å²) in [6.45, 7) is 0.944. The molecule has 0 aliphatic carbocycles. The van der Waals surface area contributed by atoms with E-state index < -0.39 is 0 Å². The van der Waals surface area contributed by atoms with Gasteiger partial charge in [0.1, 0.15) is 0 Å². The highest BCUT2D eigenvalue weighted by molar-refractivity contribution is 9.10. The SMILES string of the molecule is Cn1cc(-c2cc(C(=O)NCc3ccc(CN)cc3)c3ccccc3n2)c2cc(Br)ccc21. The minimum atomic E-state index is -0.126. The summed E-state index contributed by atoms with van der Waals surface area (Å²) in [5.41, 5.74) is 12.0. The lowest BCUT2D eigenvalue weighted by Crippen LogP contribution is -2.23. The van der Waals surface area contributed by atoms with Crippen LogP contribution in [0.1, 0.15) is 21.5 Å². The van der Waals surface area contributed by atoms with Crippen LogP contribution in [0.2, 0.25) is 0 Å². The fourth-order valence-electron chi connectivity index (χ4n) is 4.14. The lowest BCUT2D eigenvalue weighted by Gasteiger charge is -2.11. The molecule has 33 heavy (non-hydrogen) atoms. The zero-order chi connectivity index (χ0) is 22.9. The van der Waals surface area contributed by atoms with E-state index in [2.05, 4.69) is 44.1 Å². The Morgan fingerprint density at radius 3 is 2.55 bits per heavy atom. The van der Waals surface area contributed by atoms with Gasteiger partial charge in [0.25, 0.3) is 5.91 Å². The molecule has 0 radical (unpaired) electrons. The van der Waals surface area contributed by atoms with Crippen molar-refractivity contribution in [1.29, 1.82) is 0 Å². The van der Waals surface area contributed by atoms with E-state index in [0.717, 1.165) is 48.7 Å². The lowest BCUT2D eigenvalue weighted by molar-refractivity contribution is 0.0952. The zero-order valence-electron chi connectivity index (χ0n) is 18.2. The summed E-state index contributed by atoms with van der Waals surface area (Å²) < 4.78 is 3.08. The van der Waals surface area contributed by atoms with E-state index in [9.17, 15) is 4.79 Å². The van der Waals surface area contributed by atoms with Crippen LogP contribution < -0.4 is 11.1 Å². The fraction of sp³-hybridized carbons (Fsp3) is 0.111. The molecule has 3 aromatic carbocycles. The Balaban J connectivity index is 1.55. The molecule has 1 amide bonds. The molecule has 6 heteroatoms. The molecule has 2 heterocycles. The summed E-state index contributed by atoms with van der Waals surface area (Å²) in [5.74, 6) is -0.126. The molecule has 2 aromatic heterocycles. The zero-order valence-corrected chi connectivity index (χ0v) is 19.8. The molecule has 164 valence electrons. The number of hydrogen-bond donors (Lipinski definition) is 2. The highest BCUT2D eigenvalue weighted by Crippen LogP contribution is 2.33. The van der Waals surface area contributed by atoms with Crippen LogP contribution in [0.15, 0.2) is 83.5 Å². The average molecular weight is 499 g/mol. The number of carbonyl (C=O) groups excluding carboxylic acids is 1. The molecule has 0 aliphatic rings. The van der Waals surface area contributed by atoms with Crippen LogP contribution in [0.25, 0.3) is 33.1 Å². The summed E-state index contributed by atoms with van der Waals surface area (Å²) in [5, 5.41) is 4.98. The third kappa shape index (κ3) is 4.15. The number of fused-ring (bicyclic) bond motifs is 2. The number of aromatic nitrogens is 2. The second-order valence-electron chi connectivity index (χ2n) is 8.09. The molecule has 0 saturated carbocycles. The first-order valence-corrected chi connectivity index (χ1v) is 11.5. The van der Waals surface area contributed by atoms with Crippen molar-refractivity contribution in [1.82, 2.24) is 14.9 Å². The number of rotatable bonds is 5. The molecular weight excluding hydrogens is 476 g/mol. The van der Waals surface area contributed by atoms with E-state index >= 15 is 0 Å². The van der Waals surface area contributed by atoms with Crippen LogP contribution in [0, 0.1) is 0 Å². The monoisotopic (exact) mass is 498 g/mol. The molecule has 5 nitrogen and oxygen atoms in total. The quantitative estimate of drug-likeness (QED) is 0.333. The summed E-state index contributed by atoms with van der Waals surface area (Å²) >= 11 is 3.58. The van der Waals surface area contributed by atoms with Gasteiger partial charge in [0, 0.05) is 52.7 Å². The number of nitrogens with two attached hydrogens (primary N) is 1. The first-order chi connectivity index (χ1) is 16.0. The van der Waals surface area contributed by atoms with Crippen molar-refractivity contribution >= 4 is 43.6 Å². The van der Waals surface area contributed by atoms with Gasteiger partial charge >= 0.3 is 0 Å². The number of nitrogens with one attached hydrogen (secondary N) is 1. The maximum atomic E-state index is 13.3. The number of pyridine rings is 1. The largest absolute Gasteiger partial charge is 0.350 e. The third-order valence-corrected chi connectivity index (χ3v) is 6.39. The van der Waals surface area contributed by atoms with Gasteiger partial charge in [-0.3, -0.25) is 4.79 Å². The Bertz CT molecular complexity index is 1490. The van der Waals surface area contributed by atoms with Crippen molar-refractivity contribution in [3.8, 4) is 11.3 Å². The van der Waals surface area contributed by atoms with Crippen molar-refractivity contribution < 1.29 is 4.79 Å². The number of benzene rings is 3. The molecule has 0 atom stereocenters. The first kappa shape index (κ1) is 21.4. The van der Waals surface area contributed by atoms with E-state index in [1.54, 1.807) is 0 Å². The molecule has 0 unspecified atom stereocenters. The van der Waals surface area contributed by atoms with Crippen LogP contribution >= 0.6 is 15.9 Å². The van der Waals surface area contributed by atoms with Crippen molar-refractivity contribution in [3.63, 3.8) is 0 Å². The van der Waals surface area contributed by atoms with Crippen molar-refractivity contribution in [2.45, 2.75) is 13.1 Å². The smallest absolute Gasteiger partial charge is 0.252 e. The van der Waals surface area contributed by atoms with E-state index in [4.69, 9.17) is 10.7 Å². The molecule has 0 bridgehead atoms. The number of halogens is 1. The van der Waals surface area contributed by atoms with E-state index in [-0.39, 0.29) is 5.91 Å².